The fraction of sp³-hybridized carbons (Fsp3) is 0.389. The molecule has 0 aliphatic carbocycles. The highest BCUT2D eigenvalue weighted by molar-refractivity contribution is 6.35. The van der Waals surface area contributed by atoms with Gasteiger partial charge in [-0.2, -0.15) is 0 Å². The number of amides is 1. The molecule has 0 aliphatic heterocycles. The lowest BCUT2D eigenvalue weighted by atomic mass is 10.1. The molecule has 1 unspecified atom stereocenters. The predicted octanol–water partition coefficient (Wildman–Crippen LogP) is 4.30. The molecule has 1 amide bonds. The standard InChI is InChI=1S/C18H22Cl2N4O2/c1-5-24(6-2)17(25)15-10(3)22-18(21)23-16(15)11(4)26-14-8-7-12(19)9-13(14)20/h7-9,11H,5-6H2,1-4H3,(H2,21,22,23). The number of nitrogens with two attached hydrogens (primary N) is 1. The van der Waals surface area contributed by atoms with Crippen LogP contribution in [0.25, 0.3) is 0 Å². The molecular formula is C18H22Cl2N4O2. The van der Waals surface area contributed by atoms with Crippen molar-refractivity contribution < 1.29 is 9.53 Å². The normalized spacial score (nSPS) is 11.9. The van der Waals surface area contributed by atoms with Crippen molar-refractivity contribution in [3.8, 4) is 5.75 Å². The van der Waals surface area contributed by atoms with Crippen LogP contribution in [-0.2, 0) is 0 Å². The lowest BCUT2D eigenvalue weighted by molar-refractivity contribution is 0.0765. The molecule has 0 saturated heterocycles. The lowest BCUT2D eigenvalue weighted by Gasteiger charge is -2.23. The highest BCUT2D eigenvalue weighted by atomic mass is 35.5. The van der Waals surface area contributed by atoms with Gasteiger partial charge >= 0.3 is 0 Å². The molecule has 0 aliphatic rings. The zero-order valence-corrected chi connectivity index (χ0v) is 16.7. The summed E-state index contributed by atoms with van der Waals surface area (Å²) < 4.78 is 5.93. The van der Waals surface area contributed by atoms with E-state index in [1.165, 1.54) is 0 Å². The maximum atomic E-state index is 12.9. The van der Waals surface area contributed by atoms with E-state index in [9.17, 15) is 4.79 Å². The van der Waals surface area contributed by atoms with Gasteiger partial charge in [-0.25, -0.2) is 9.97 Å². The highest BCUT2D eigenvalue weighted by Gasteiger charge is 2.26. The Labute approximate surface area is 163 Å². The van der Waals surface area contributed by atoms with E-state index >= 15 is 0 Å². The number of carbonyl (C=O) groups excluding carboxylic acids is 1. The van der Waals surface area contributed by atoms with Gasteiger partial charge in [0.15, 0.2) is 0 Å². The van der Waals surface area contributed by atoms with Crippen LogP contribution in [0.3, 0.4) is 0 Å². The summed E-state index contributed by atoms with van der Waals surface area (Å²) in [7, 11) is 0. The maximum Gasteiger partial charge on any atom is 0.257 e. The Balaban J connectivity index is 2.45. The number of hydrogen-bond donors (Lipinski definition) is 1. The Morgan fingerprint density at radius 3 is 2.50 bits per heavy atom. The zero-order chi connectivity index (χ0) is 19.4. The SMILES string of the molecule is CCN(CC)C(=O)c1c(C)nc(N)nc1C(C)Oc1ccc(Cl)cc1Cl. The second-order valence-electron chi connectivity index (χ2n) is 5.74. The third-order valence-electron chi connectivity index (χ3n) is 3.98. The molecule has 140 valence electrons. The molecule has 0 saturated carbocycles. The van der Waals surface area contributed by atoms with Crippen molar-refractivity contribution in [1.29, 1.82) is 0 Å². The fourth-order valence-corrected chi connectivity index (χ4v) is 3.11. The van der Waals surface area contributed by atoms with Crippen LogP contribution in [0.2, 0.25) is 10.0 Å². The number of carbonyl (C=O) groups is 1. The van der Waals surface area contributed by atoms with Gasteiger partial charge in [-0.05, 0) is 45.9 Å². The molecular weight excluding hydrogens is 375 g/mol. The molecule has 1 aromatic heterocycles. The first-order chi connectivity index (χ1) is 12.3. The molecule has 0 fully saturated rings. The summed E-state index contributed by atoms with van der Waals surface area (Å²) in [5.41, 5.74) is 7.15. The maximum absolute atomic E-state index is 12.9. The summed E-state index contributed by atoms with van der Waals surface area (Å²) in [6.07, 6.45) is -0.563. The minimum Gasteiger partial charge on any atom is -0.483 e. The highest BCUT2D eigenvalue weighted by Crippen LogP contribution is 2.32. The summed E-state index contributed by atoms with van der Waals surface area (Å²) in [6, 6.07) is 4.94. The molecule has 2 N–H and O–H groups in total. The van der Waals surface area contributed by atoms with Crippen LogP contribution in [0.15, 0.2) is 18.2 Å². The van der Waals surface area contributed by atoms with Gasteiger partial charge in [0.2, 0.25) is 5.95 Å². The molecule has 2 rings (SSSR count). The van der Waals surface area contributed by atoms with E-state index in [0.29, 0.717) is 45.8 Å². The van der Waals surface area contributed by atoms with E-state index in [1.54, 1.807) is 36.9 Å². The first-order valence-electron chi connectivity index (χ1n) is 8.33. The summed E-state index contributed by atoms with van der Waals surface area (Å²) in [6.45, 7) is 8.52. The minimum absolute atomic E-state index is 0.0891. The number of halogens is 2. The average molecular weight is 397 g/mol. The van der Waals surface area contributed by atoms with Crippen LogP contribution < -0.4 is 10.5 Å². The molecule has 1 heterocycles. The number of anilines is 1. The third-order valence-corrected chi connectivity index (χ3v) is 4.51. The molecule has 0 spiro atoms. The van der Waals surface area contributed by atoms with Gasteiger partial charge in [-0.15, -0.1) is 0 Å². The third kappa shape index (κ3) is 4.37. The van der Waals surface area contributed by atoms with Gasteiger partial charge in [-0.1, -0.05) is 23.2 Å². The molecule has 0 radical (unpaired) electrons. The van der Waals surface area contributed by atoms with Crippen molar-refractivity contribution >= 4 is 35.1 Å². The van der Waals surface area contributed by atoms with Crippen LogP contribution in [0.4, 0.5) is 5.95 Å². The van der Waals surface area contributed by atoms with E-state index < -0.39 is 6.10 Å². The topological polar surface area (TPSA) is 81.3 Å². The lowest BCUT2D eigenvalue weighted by Crippen LogP contribution is -2.33. The summed E-state index contributed by atoms with van der Waals surface area (Å²) in [5.74, 6) is 0.381. The summed E-state index contributed by atoms with van der Waals surface area (Å²) in [5, 5.41) is 0.884. The van der Waals surface area contributed by atoms with Crippen LogP contribution >= 0.6 is 23.2 Å². The van der Waals surface area contributed by atoms with Crippen LogP contribution in [0.1, 0.15) is 48.6 Å². The summed E-state index contributed by atoms with van der Waals surface area (Å²) >= 11 is 12.1. The number of aromatic nitrogens is 2. The number of rotatable bonds is 6. The van der Waals surface area contributed by atoms with E-state index in [0.717, 1.165) is 0 Å². The molecule has 26 heavy (non-hydrogen) atoms. The molecule has 1 aromatic carbocycles. The molecule has 2 aromatic rings. The van der Waals surface area contributed by atoms with Crippen LogP contribution in [-0.4, -0.2) is 33.9 Å². The Kier molecular flexibility index (Phi) is 6.67. The van der Waals surface area contributed by atoms with Gasteiger partial charge in [0.25, 0.3) is 5.91 Å². The Bertz CT molecular complexity index is 810. The number of hydrogen-bond acceptors (Lipinski definition) is 5. The van der Waals surface area contributed by atoms with Gasteiger partial charge < -0.3 is 15.4 Å². The largest absolute Gasteiger partial charge is 0.483 e. The van der Waals surface area contributed by atoms with Gasteiger partial charge in [0.05, 0.1) is 22.0 Å². The number of benzene rings is 1. The van der Waals surface area contributed by atoms with E-state index in [-0.39, 0.29) is 11.9 Å². The molecule has 1 atom stereocenters. The number of ether oxygens (including phenoxy) is 1. The van der Waals surface area contributed by atoms with Gasteiger partial charge in [0.1, 0.15) is 11.9 Å². The van der Waals surface area contributed by atoms with Crippen LogP contribution in [0, 0.1) is 6.92 Å². The van der Waals surface area contributed by atoms with Crippen molar-refractivity contribution in [3.63, 3.8) is 0 Å². The van der Waals surface area contributed by atoms with Crippen molar-refractivity contribution in [2.45, 2.75) is 33.8 Å². The smallest absolute Gasteiger partial charge is 0.257 e. The Morgan fingerprint density at radius 1 is 1.27 bits per heavy atom. The monoisotopic (exact) mass is 396 g/mol. The van der Waals surface area contributed by atoms with E-state index in [4.69, 9.17) is 33.7 Å². The fourth-order valence-electron chi connectivity index (χ4n) is 2.66. The van der Waals surface area contributed by atoms with Crippen LogP contribution in [0.5, 0.6) is 5.75 Å². The first kappa shape index (κ1) is 20.3. The predicted molar refractivity (Wildman–Crippen MR) is 104 cm³/mol. The molecule has 8 heteroatoms. The zero-order valence-electron chi connectivity index (χ0n) is 15.2. The van der Waals surface area contributed by atoms with Crippen molar-refractivity contribution in [2.75, 3.05) is 18.8 Å². The molecule has 0 bridgehead atoms. The van der Waals surface area contributed by atoms with Gasteiger partial charge in [0, 0.05) is 18.1 Å². The second kappa shape index (κ2) is 8.56. The van der Waals surface area contributed by atoms with Crippen molar-refractivity contribution in [1.82, 2.24) is 14.9 Å². The quantitative estimate of drug-likeness (QED) is 0.786. The Hall–Kier alpha value is -2.05. The van der Waals surface area contributed by atoms with Crippen molar-refractivity contribution in [2.24, 2.45) is 0 Å². The molecule has 6 nitrogen and oxygen atoms in total. The van der Waals surface area contributed by atoms with E-state index in [1.807, 2.05) is 13.8 Å². The average Bonchev–Trinajstić information content (AvgIpc) is 2.57. The number of aryl methyl sites for hydroxylation is 1. The van der Waals surface area contributed by atoms with Gasteiger partial charge in [-0.3, -0.25) is 4.79 Å². The minimum atomic E-state index is -0.563. The first-order valence-corrected chi connectivity index (χ1v) is 9.09. The Morgan fingerprint density at radius 2 is 1.92 bits per heavy atom. The number of nitrogen functional groups attached to an aromatic ring is 1. The second-order valence-corrected chi connectivity index (χ2v) is 6.58. The van der Waals surface area contributed by atoms with E-state index in [2.05, 4.69) is 9.97 Å². The summed E-state index contributed by atoms with van der Waals surface area (Å²) in [4.78, 5) is 23.1. The van der Waals surface area contributed by atoms with Crippen molar-refractivity contribution in [3.05, 3.63) is 45.2 Å². The number of nitrogens with zero attached hydrogens (tertiary/aromatic N) is 3.